The van der Waals surface area contributed by atoms with E-state index in [9.17, 15) is 14.4 Å². The van der Waals surface area contributed by atoms with Crippen molar-refractivity contribution >= 4 is 11.9 Å². The number of rotatable bonds is 4. The van der Waals surface area contributed by atoms with Crippen LogP contribution in [0.4, 0.5) is 4.79 Å². The van der Waals surface area contributed by atoms with E-state index in [-0.39, 0.29) is 24.0 Å². The van der Waals surface area contributed by atoms with Crippen LogP contribution in [0.3, 0.4) is 0 Å². The van der Waals surface area contributed by atoms with Crippen molar-refractivity contribution in [2.24, 2.45) is 0 Å². The molecule has 1 unspecified atom stereocenters. The Morgan fingerprint density at radius 3 is 2.70 bits per heavy atom. The highest BCUT2D eigenvalue weighted by Crippen LogP contribution is 2.15. The molecule has 0 aliphatic carbocycles. The van der Waals surface area contributed by atoms with Crippen LogP contribution in [0.15, 0.2) is 41.5 Å². The van der Waals surface area contributed by atoms with Crippen LogP contribution in [0.1, 0.15) is 23.7 Å². The van der Waals surface area contributed by atoms with Gasteiger partial charge in [0.25, 0.3) is 5.56 Å². The van der Waals surface area contributed by atoms with Crippen molar-refractivity contribution in [3.63, 3.8) is 0 Å². The predicted molar refractivity (Wildman–Crippen MR) is 99.9 cm³/mol. The Labute approximate surface area is 157 Å². The fraction of sp³-hybridized carbons (Fsp3) is 0.368. The van der Waals surface area contributed by atoms with Crippen LogP contribution in [0, 0.1) is 6.92 Å². The molecule has 1 aromatic carbocycles. The zero-order chi connectivity index (χ0) is 19.4. The molecule has 3 rings (SSSR count). The summed E-state index contributed by atoms with van der Waals surface area (Å²) < 4.78 is 0. The van der Waals surface area contributed by atoms with Gasteiger partial charge in [-0.15, -0.1) is 0 Å². The fourth-order valence-electron chi connectivity index (χ4n) is 3.05. The van der Waals surface area contributed by atoms with E-state index in [4.69, 9.17) is 0 Å². The Balaban J connectivity index is 1.57. The topological polar surface area (TPSA) is 98.4 Å². The average Bonchev–Trinajstić information content (AvgIpc) is 2.65. The first-order valence-electron chi connectivity index (χ1n) is 8.86. The minimum absolute atomic E-state index is 0.0775. The van der Waals surface area contributed by atoms with E-state index in [1.165, 1.54) is 22.9 Å². The number of urea groups is 1. The molecule has 1 atom stereocenters. The summed E-state index contributed by atoms with van der Waals surface area (Å²) in [6.45, 7) is 5.36. The summed E-state index contributed by atoms with van der Waals surface area (Å²) in [5.74, 6) is -0.0775. The lowest BCUT2D eigenvalue weighted by Gasteiger charge is -2.39. The second kappa shape index (κ2) is 8.03. The lowest BCUT2D eigenvalue weighted by Crippen LogP contribution is -2.59. The molecule has 27 heavy (non-hydrogen) atoms. The van der Waals surface area contributed by atoms with Gasteiger partial charge in [-0.25, -0.2) is 9.78 Å². The third-order valence-corrected chi connectivity index (χ3v) is 4.66. The summed E-state index contributed by atoms with van der Waals surface area (Å²) in [5.41, 5.74) is 2.43. The molecule has 0 bridgehead atoms. The van der Waals surface area contributed by atoms with E-state index in [0.29, 0.717) is 25.3 Å². The number of aromatic amines is 1. The molecule has 142 valence electrons. The third kappa shape index (κ3) is 4.52. The minimum atomic E-state index is -0.545. The van der Waals surface area contributed by atoms with Crippen LogP contribution in [0.5, 0.6) is 0 Å². The molecular formula is C19H23N5O3. The maximum Gasteiger partial charge on any atom is 0.318 e. The number of hydrogen-bond acceptors (Lipinski definition) is 4. The number of hydrogen-bond donors (Lipinski definition) is 2. The summed E-state index contributed by atoms with van der Waals surface area (Å²) in [6, 6.07) is 8.52. The molecule has 2 heterocycles. The second-order valence-electron chi connectivity index (χ2n) is 6.68. The van der Waals surface area contributed by atoms with Gasteiger partial charge in [0.15, 0.2) is 0 Å². The molecule has 1 fully saturated rings. The highest BCUT2D eigenvalue weighted by Gasteiger charge is 2.34. The van der Waals surface area contributed by atoms with Gasteiger partial charge in [0, 0.05) is 25.7 Å². The number of nitrogens with zero attached hydrogens (tertiary/aromatic N) is 3. The van der Waals surface area contributed by atoms with E-state index in [0.717, 1.165) is 5.56 Å². The highest BCUT2D eigenvalue weighted by molar-refractivity contribution is 5.88. The van der Waals surface area contributed by atoms with Gasteiger partial charge >= 0.3 is 6.03 Å². The zero-order valence-corrected chi connectivity index (χ0v) is 15.4. The van der Waals surface area contributed by atoms with Crippen LogP contribution < -0.4 is 10.9 Å². The maximum absolute atomic E-state index is 12.7. The highest BCUT2D eigenvalue weighted by atomic mass is 16.2. The molecule has 0 radical (unpaired) electrons. The third-order valence-electron chi connectivity index (χ3n) is 4.66. The minimum Gasteiger partial charge on any atom is -0.335 e. The first-order chi connectivity index (χ1) is 12.9. The van der Waals surface area contributed by atoms with Crippen LogP contribution >= 0.6 is 0 Å². The smallest absolute Gasteiger partial charge is 0.318 e. The number of carbonyl (C=O) groups excluding carboxylic acids is 2. The number of aryl methyl sites for hydroxylation is 1. The Morgan fingerprint density at radius 1 is 1.26 bits per heavy atom. The molecule has 3 amide bonds. The molecule has 1 saturated heterocycles. The Morgan fingerprint density at radius 2 is 2.00 bits per heavy atom. The van der Waals surface area contributed by atoms with Gasteiger partial charge in [0.1, 0.15) is 6.04 Å². The summed E-state index contributed by atoms with van der Waals surface area (Å²) in [7, 11) is 0. The van der Waals surface area contributed by atoms with E-state index in [1.54, 1.807) is 11.8 Å². The monoisotopic (exact) mass is 369 g/mol. The SMILES string of the molecule is Cc1ccc(CN2CCN(C(=O)NCc3cc(=O)[nH]cn3)C(C)C2=O)cc1. The standard InChI is InChI=1S/C19H23N5O3/c1-13-3-5-15(6-4-13)11-23-7-8-24(14(2)18(23)26)19(27)20-10-16-9-17(25)22-12-21-16/h3-6,9,12,14H,7-8,10-11H2,1-2H3,(H,20,27)(H,21,22,25). The van der Waals surface area contributed by atoms with Crippen LogP contribution in [0.25, 0.3) is 0 Å². The average molecular weight is 369 g/mol. The molecule has 2 aromatic rings. The number of nitrogens with one attached hydrogen (secondary N) is 2. The summed E-state index contributed by atoms with van der Waals surface area (Å²) in [6.07, 6.45) is 1.29. The van der Waals surface area contributed by atoms with Gasteiger partial charge in [-0.3, -0.25) is 9.59 Å². The van der Waals surface area contributed by atoms with Gasteiger partial charge in [-0.2, -0.15) is 0 Å². The summed E-state index contributed by atoms with van der Waals surface area (Å²) in [4.78, 5) is 46.1. The Bertz CT molecular complexity index is 877. The van der Waals surface area contributed by atoms with Crippen molar-refractivity contribution in [3.05, 3.63) is 63.8 Å². The molecule has 2 N–H and O–H groups in total. The number of carbonyl (C=O) groups is 2. The van der Waals surface area contributed by atoms with Crippen molar-refractivity contribution in [2.45, 2.75) is 33.0 Å². The quantitative estimate of drug-likeness (QED) is 0.841. The lowest BCUT2D eigenvalue weighted by molar-refractivity contribution is -0.139. The van der Waals surface area contributed by atoms with Crippen LogP contribution in [0.2, 0.25) is 0 Å². The molecule has 1 aromatic heterocycles. The van der Waals surface area contributed by atoms with Crippen molar-refractivity contribution in [1.82, 2.24) is 25.1 Å². The molecule has 8 nitrogen and oxygen atoms in total. The molecule has 8 heteroatoms. The number of amides is 3. The predicted octanol–water partition coefficient (Wildman–Crippen LogP) is 1.02. The maximum atomic E-state index is 12.7. The van der Waals surface area contributed by atoms with Crippen molar-refractivity contribution in [3.8, 4) is 0 Å². The van der Waals surface area contributed by atoms with Crippen LogP contribution in [-0.2, 0) is 17.9 Å². The van der Waals surface area contributed by atoms with E-state index in [2.05, 4.69) is 15.3 Å². The van der Waals surface area contributed by atoms with E-state index < -0.39 is 6.04 Å². The van der Waals surface area contributed by atoms with E-state index >= 15 is 0 Å². The Hall–Kier alpha value is -3.16. The second-order valence-corrected chi connectivity index (χ2v) is 6.68. The van der Waals surface area contributed by atoms with Gasteiger partial charge in [-0.1, -0.05) is 29.8 Å². The molecular weight excluding hydrogens is 346 g/mol. The Kier molecular flexibility index (Phi) is 5.54. The molecule has 1 aliphatic rings. The van der Waals surface area contributed by atoms with Crippen molar-refractivity contribution in [2.75, 3.05) is 13.1 Å². The first-order valence-corrected chi connectivity index (χ1v) is 8.86. The van der Waals surface area contributed by atoms with Gasteiger partial charge < -0.3 is 20.1 Å². The molecule has 0 spiro atoms. The largest absolute Gasteiger partial charge is 0.335 e. The molecule has 1 aliphatic heterocycles. The number of aromatic nitrogens is 2. The number of H-pyrrole nitrogens is 1. The van der Waals surface area contributed by atoms with Gasteiger partial charge in [-0.05, 0) is 19.4 Å². The number of piperazine rings is 1. The van der Waals surface area contributed by atoms with Crippen molar-refractivity contribution < 1.29 is 9.59 Å². The zero-order valence-electron chi connectivity index (χ0n) is 15.4. The van der Waals surface area contributed by atoms with Crippen LogP contribution in [-0.4, -0.2) is 50.8 Å². The van der Waals surface area contributed by atoms with E-state index in [1.807, 2.05) is 31.2 Å². The van der Waals surface area contributed by atoms with Gasteiger partial charge in [0.2, 0.25) is 5.91 Å². The number of benzene rings is 1. The fourth-order valence-corrected chi connectivity index (χ4v) is 3.05. The lowest BCUT2D eigenvalue weighted by atomic mass is 10.1. The molecule has 0 saturated carbocycles. The first kappa shape index (κ1) is 18.6. The summed E-state index contributed by atoms with van der Waals surface area (Å²) >= 11 is 0. The van der Waals surface area contributed by atoms with Crippen molar-refractivity contribution in [1.29, 1.82) is 0 Å². The van der Waals surface area contributed by atoms with Gasteiger partial charge in [0.05, 0.1) is 18.6 Å². The normalized spacial score (nSPS) is 17.1. The summed E-state index contributed by atoms with van der Waals surface area (Å²) in [5, 5.41) is 2.72.